The molecule has 0 spiro atoms. The number of carbonyl (C=O) groups excluding carboxylic acids is 1. The first-order valence-corrected chi connectivity index (χ1v) is 11.6. The van der Waals surface area contributed by atoms with Gasteiger partial charge in [-0.15, -0.1) is 11.3 Å². The Morgan fingerprint density at radius 2 is 2.18 bits per heavy atom. The molecule has 1 saturated heterocycles. The molecule has 3 aromatic rings. The minimum absolute atomic E-state index is 0.0409. The van der Waals surface area contributed by atoms with E-state index in [0.29, 0.717) is 23.2 Å². The Morgan fingerprint density at radius 3 is 2.86 bits per heavy atom. The van der Waals surface area contributed by atoms with E-state index >= 15 is 0 Å². The second-order valence-electron chi connectivity index (χ2n) is 7.37. The molecule has 0 bridgehead atoms. The molecular formula is C21H23ClN2O2S2. The molecule has 148 valence electrons. The second-order valence-corrected chi connectivity index (χ2v) is 10.2. The van der Waals surface area contributed by atoms with Crippen molar-refractivity contribution in [1.29, 1.82) is 0 Å². The van der Waals surface area contributed by atoms with E-state index in [2.05, 4.69) is 32.0 Å². The van der Waals surface area contributed by atoms with Gasteiger partial charge in [-0.1, -0.05) is 48.9 Å². The van der Waals surface area contributed by atoms with Gasteiger partial charge in [-0.25, -0.2) is 4.98 Å². The van der Waals surface area contributed by atoms with Crippen LogP contribution in [0.3, 0.4) is 0 Å². The van der Waals surface area contributed by atoms with Crippen molar-refractivity contribution in [2.75, 3.05) is 18.1 Å². The normalized spacial score (nSPS) is 16.9. The van der Waals surface area contributed by atoms with Gasteiger partial charge < -0.3 is 4.74 Å². The number of thiazole rings is 1. The molecule has 1 aliphatic rings. The third kappa shape index (κ3) is 4.25. The number of amides is 1. The van der Waals surface area contributed by atoms with Crippen molar-refractivity contribution < 1.29 is 9.53 Å². The van der Waals surface area contributed by atoms with Gasteiger partial charge in [-0.05, 0) is 42.5 Å². The van der Waals surface area contributed by atoms with E-state index in [1.807, 2.05) is 17.0 Å². The molecule has 4 nitrogen and oxygen atoms in total. The van der Waals surface area contributed by atoms with Crippen LogP contribution in [-0.2, 0) is 16.0 Å². The number of nitrogens with zero attached hydrogens (tertiary/aromatic N) is 2. The van der Waals surface area contributed by atoms with E-state index < -0.39 is 0 Å². The number of hydrogen-bond donors (Lipinski definition) is 0. The zero-order valence-corrected chi connectivity index (χ0v) is 18.4. The number of hydrogen-bond acceptors (Lipinski definition) is 5. The number of aromatic nitrogens is 1. The predicted octanol–water partition coefficient (Wildman–Crippen LogP) is 5.89. The van der Waals surface area contributed by atoms with Crippen molar-refractivity contribution in [1.82, 2.24) is 4.98 Å². The maximum atomic E-state index is 13.2. The molecule has 4 rings (SSSR count). The predicted molar refractivity (Wildman–Crippen MR) is 118 cm³/mol. The van der Waals surface area contributed by atoms with Gasteiger partial charge in [0.25, 0.3) is 0 Å². The molecule has 1 unspecified atom stereocenters. The largest absolute Gasteiger partial charge is 0.376 e. The highest BCUT2D eigenvalue weighted by Gasteiger charge is 2.27. The highest BCUT2D eigenvalue weighted by molar-refractivity contribution is 7.22. The maximum Gasteiger partial charge on any atom is 0.234 e. The minimum atomic E-state index is 0.0409. The molecule has 0 saturated carbocycles. The van der Waals surface area contributed by atoms with Crippen LogP contribution >= 0.6 is 34.3 Å². The summed E-state index contributed by atoms with van der Waals surface area (Å²) in [5, 5.41) is 0.756. The summed E-state index contributed by atoms with van der Waals surface area (Å²) >= 11 is 9.07. The van der Waals surface area contributed by atoms with E-state index in [0.717, 1.165) is 39.7 Å². The number of ether oxygens (including phenoxy) is 1. The van der Waals surface area contributed by atoms with Crippen molar-refractivity contribution in [2.24, 2.45) is 0 Å². The van der Waals surface area contributed by atoms with Crippen LogP contribution < -0.4 is 4.90 Å². The molecule has 1 atom stereocenters. The fourth-order valence-corrected chi connectivity index (χ4v) is 5.61. The Labute approximate surface area is 178 Å². The Hall–Kier alpha value is -1.47. The van der Waals surface area contributed by atoms with E-state index in [1.54, 1.807) is 11.3 Å². The van der Waals surface area contributed by atoms with E-state index in [9.17, 15) is 4.79 Å². The lowest BCUT2D eigenvalue weighted by Gasteiger charge is -2.23. The first-order valence-electron chi connectivity index (χ1n) is 9.57. The molecule has 1 amide bonds. The van der Waals surface area contributed by atoms with Crippen LogP contribution in [0.15, 0.2) is 30.3 Å². The lowest BCUT2D eigenvalue weighted by molar-refractivity contribution is -0.118. The van der Waals surface area contributed by atoms with Crippen LogP contribution in [0, 0.1) is 0 Å². The van der Waals surface area contributed by atoms with E-state index in [1.165, 1.54) is 16.9 Å². The molecule has 3 heterocycles. The van der Waals surface area contributed by atoms with Crippen molar-refractivity contribution in [2.45, 2.75) is 45.1 Å². The number of thiophene rings is 1. The molecule has 7 heteroatoms. The number of para-hydroxylation sites is 1. The maximum absolute atomic E-state index is 13.2. The molecule has 0 radical (unpaired) electrons. The van der Waals surface area contributed by atoms with Gasteiger partial charge in [0.2, 0.25) is 5.91 Å². The van der Waals surface area contributed by atoms with E-state index in [-0.39, 0.29) is 12.0 Å². The summed E-state index contributed by atoms with van der Waals surface area (Å²) in [6.45, 7) is 5.66. The van der Waals surface area contributed by atoms with Gasteiger partial charge in [0.05, 0.1) is 33.6 Å². The molecule has 0 N–H and O–H groups in total. The first-order chi connectivity index (χ1) is 13.5. The van der Waals surface area contributed by atoms with Crippen molar-refractivity contribution in [3.63, 3.8) is 0 Å². The fourth-order valence-electron chi connectivity index (χ4n) is 3.51. The summed E-state index contributed by atoms with van der Waals surface area (Å²) in [6, 6.07) is 10.0. The minimum Gasteiger partial charge on any atom is -0.376 e. The average Bonchev–Trinajstić information content (AvgIpc) is 3.39. The number of anilines is 1. The summed E-state index contributed by atoms with van der Waals surface area (Å²) in [5.74, 6) is 0.424. The average molecular weight is 435 g/mol. The Morgan fingerprint density at radius 1 is 1.32 bits per heavy atom. The van der Waals surface area contributed by atoms with Crippen LogP contribution in [-0.4, -0.2) is 30.1 Å². The zero-order chi connectivity index (χ0) is 19.7. The third-order valence-electron chi connectivity index (χ3n) is 4.96. The van der Waals surface area contributed by atoms with Gasteiger partial charge in [-0.3, -0.25) is 9.69 Å². The molecule has 1 aliphatic heterocycles. The summed E-state index contributed by atoms with van der Waals surface area (Å²) in [5.41, 5.74) is 2.22. The van der Waals surface area contributed by atoms with Crippen molar-refractivity contribution >= 4 is 55.5 Å². The number of benzene rings is 1. The van der Waals surface area contributed by atoms with Crippen LogP contribution in [0.25, 0.3) is 10.2 Å². The van der Waals surface area contributed by atoms with Crippen LogP contribution in [0.1, 0.15) is 43.0 Å². The monoisotopic (exact) mass is 434 g/mol. The smallest absolute Gasteiger partial charge is 0.234 e. The SMILES string of the molecule is CC(C)c1cccc2sc(N(CC3CCCO3)C(=O)Cc3ccc(Cl)s3)nc12. The summed E-state index contributed by atoms with van der Waals surface area (Å²) in [7, 11) is 0. The molecular weight excluding hydrogens is 412 g/mol. The summed E-state index contributed by atoms with van der Waals surface area (Å²) < 4.78 is 7.63. The zero-order valence-electron chi connectivity index (χ0n) is 16.0. The van der Waals surface area contributed by atoms with Crippen molar-refractivity contribution in [3.05, 3.63) is 45.1 Å². The molecule has 0 aliphatic carbocycles. The number of halogens is 1. The summed E-state index contributed by atoms with van der Waals surface area (Å²) in [4.78, 5) is 20.9. The van der Waals surface area contributed by atoms with Gasteiger partial charge in [0.15, 0.2) is 5.13 Å². The van der Waals surface area contributed by atoms with Crippen LogP contribution in [0.2, 0.25) is 4.34 Å². The van der Waals surface area contributed by atoms with Gasteiger partial charge in [0, 0.05) is 11.5 Å². The molecule has 1 fully saturated rings. The standard InChI is InChI=1S/C21H23ClN2O2S2/c1-13(2)16-6-3-7-17-20(16)23-21(28-17)24(12-14-5-4-10-26-14)19(25)11-15-8-9-18(22)27-15/h3,6-9,13-14H,4-5,10-12H2,1-2H3. The quantitative estimate of drug-likeness (QED) is 0.485. The lowest BCUT2D eigenvalue weighted by atomic mass is 10.0. The lowest BCUT2D eigenvalue weighted by Crippen LogP contribution is -2.38. The summed E-state index contributed by atoms with van der Waals surface area (Å²) in [6.07, 6.45) is 2.44. The Balaban J connectivity index is 1.67. The Kier molecular flexibility index (Phi) is 6.01. The van der Waals surface area contributed by atoms with Gasteiger partial charge in [0.1, 0.15) is 0 Å². The number of rotatable bonds is 6. The number of fused-ring (bicyclic) bond motifs is 1. The molecule has 1 aromatic carbocycles. The van der Waals surface area contributed by atoms with E-state index in [4.69, 9.17) is 21.3 Å². The fraction of sp³-hybridized carbons (Fsp3) is 0.429. The Bertz CT molecular complexity index is 976. The van der Waals surface area contributed by atoms with Crippen molar-refractivity contribution in [3.8, 4) is 0 Å². The first kappa shape index (κ1) is 19.8. The number of carbonyl (C=O) groups is 1. The molecule has 28 heavy (non-hydrogen) atoms. The highest BCUT2D eigenvalue weighted by Crippen LogP contribution is 2.34. The van der Waals surface area contributed by atoms with Gasteiger partial charge >= 0.3 is 0 Å². The topological polar surface area (TPSA) is 42.4 Å². The van der Waals surface area contributed by atoms with Crippen LogP contribution in [0.4, 0.5) is 5.13 Å². The van der Waals surface area contributed by atoms with Crippen LogP contribution in [0.5, 0.6) is 0 Å². The molecule has 2 aromatic heterocycles. The highest BCUT2D eigenvalue weighted by atomic mass is 35.5. The third-order valence-corrected chi connectivity index (χ3v) is 7.23. The second kappa shape index (κ2) is 8.49. The van der Waals surface area contributed by atoms with Gasteiger partial charge in [-0.2, -0.15) is 0 Å².